The summed E-state index contributed by atoms with van der Waals surface area (Å²) in [6, 6.07) is 3.57. The van der Waals surface area contributed by atoms with Crippen LogP contribution < -0.4 is 20.9 Å². The molecule has 0 bridgehead atoms. The van der Waals surface area contributed by atoms with E-state index in [4.69, 9.17) is 4.99 Å². The Morgan fingerprint density at radius 3 is 2.97 bits per heavy atom. The van der Waals surface area contributed by atoms with Crippen LogP contribution in [0.4, 0.5) is 10.5 Å². The van der Waals surface area contributed by atoms with E-state index in [0.29, 0.717) is 26.1 Å². The first-order valence-corrected chi connectivity index (χ1v) is 11.5. The van der Waals surface area contributed by atoms with E-state index in [-0.39, 0.29) is 0 Å². The number of hydrogen-bond donors (Lipinski definition) is 4. The lowest BCUT2D eigenvalue weighted by atomic mass is 9.68. The highest BCUT2D eigenvalue weighted by atomic mass is 32.1. The third-order valence-electron chi connectivity index (χ3n) is 6.39. The molecule has 0 radical (unpaired) electrons. The number of benzene rings is 1. The number of aromatic nitrogens is 1. The number of carboxylic acids is 1. The van der Waals surface area contributed by atoms with Crippen LogP contribution in [-0.2, 0) is 4.79 Å². The zero-order valence-corrected chi connectivity index (χ0v) is 19.2. The van der Waals surface area contributed by atoms with E-state index in [1.54, 1.807) is 36.1 Å². The number of rotatable bonds is 5. The fraction of sp³-hybridized carbons (Fsp3) is 0.455. The predicted molar refractivity (Wildman–Crippen MR) is 126 cm³/mol. The first-order chi connectivity index (χ1) is 15.3. The standard InChI is InChI=1S/C22H28N6O3S/c1-4-24-20(31)27-22(17-12-23-8-6-21(17,3)19(29)30)26-7-5-9-28(22)15-10-14(2)18-16(11-15)25-13-32-18/h5,7,9-11,13,17,23H,4,6,8,12H2,1-3H3,(H,29,30)(H2,24,27,31). The molecule has 0 aliphatic carbocycles. The SMILES string of the molecule is CCNC(=O)NC1(C2CNCCC2(C)C(=O)O)N=CC=CN1c1cc(C)c2scnc2c1. The molecule has 2 aromatic rings. The molecule has 3 atom stereocenters. The van der Waals surface area contributed by atoms with E-state index in [1.807, 2.05) is 37.1 Å². The Morgan fingerprint density at radius 2 is 2.22 bits per heavy atom. The highest BCUT2D eigenvalue weighted by Crippen LogP contribution is 2.45. The van der Waals surface area contributed by atoms with Crippen LogP contribution in [0, 0.1) is 18.3 Å². The van der Waals surface area contributed by atoms with E-state index >= 15 is 0 Å². The third-order valence-corrected chi connectivity index (χ3v) is 7.37. The largest absolute Gasteiger partial charge is 0.481 e. The van der Waals surface area contributed by atoms with Gasteiger partial charge in [-0.05, 0) is 57.5 Å². The van der Waals surface area contributed by atoms with E-state index in [0.717, 1.165) is 21.5 Å². The molecule has 4 N–H and O–H groups in total. The lowest BCUT2D eigenvalue weighted by molar-refractivity contribution is -0.155. The van der Waals surface area contributed by atoms with Crippen molar-refractivity contribution in [2.24, 2.45) is 16.3 Å². The third kappa shape index (κ3) is 3.63. The van der Waals surface area contributed by atoms with E-state index < -0.39 is 29.1 Å². The number of carboxylic acid groups (broad SMARTS) is 1. The molecule has 0 saturated carbocycles. The molecule has 1 aromatic carbocycles. The van der Waals surface area contributed by atoms with Crippen LogP contribution in [0.1, 0.15) is 25.8 Å². The fourth-order valence-corrected chi connectivity index (χ4v) is 5.40. The van der Waals surface area contributed by atoms with Gasteiger partial charge in [-0.3, -0.25) is 10.1 Å². The van der Waals surface area contributed by atoms with Crippen LogP contribution in [0.25, 0.3) is 10.2 Å². The van der Waals surface area contributed by atoms with Gasteiger partial charge in [0.05, 0.1) is 27.1 Å². The highest BCUT2D eigenvalue weighted by Gasteiger charge is 2.57. The first-order valence-electron chi connectivity index (χ1n) is 10.7. The minimum absolute atomic E-state index is 0.384. The van der Waals surface area contributed by atoms with Crippen LogP contribution >= 0.6 is 11.3 Å². The second-order valence-corrected chi connectivity index (χ2v) is 9.25. The Hall–Kier alpha value is -2.98. The summed E-state index contributed by atoms with van der Waals surface area (Å²) in [4.78, 5) is 36.4. The molecular formula is C22H28N6O3S. The number of anilines is 1. The lowest BCUT2D eigenvalue weighted by Crippen LogP contribution is -2.71. The van der Waals surface area contributed by atoms with Crippen molar-refractivity contribution in [1.29, 1.82) is 0 Å². The molecule has 10 heteroatoms. The number of fused-ring (bicyclic) bond motifs is 1. The number of aliphatic imine (C=N–C) groups is 1. The zero-order valence-electron chi connectivity index (χ0n) is 18.4. The molecular weight excluding hydrogens is 428 g/mol. The molecule has 2 aliphatic heterocycles. The molecule has 0 spiro atoms. The number of nitrogens with one attached hydrogen (secondary N) is 3. The summed E-state index contributed by atoms with van der Waals surface area (Å²) in [6.07, 6.45) is 5.66. The molecule has 1 fully saturated rings. The van der Waals surface area contributed by atoms with Crippen molar-refractivity contribution in [2.45, 2.75) is 33.0 Å². The van der Waals surface area contributed by atoms with Crippen molar-refractivity contribution in [2.75, 3.05) is 24.5 Å². The van der Waals surface area contributed by atoms with Gasteiger partial charge in [-0.15, -0.1) is 11.3 Å². The van der Waals surface area contributed by atoms with Gasteiger partial charge in [0, 0.05) is 31.2 Å². The van der Waals surface area contributed by atoms with Crippen LogP contribution in [-0.4, -0.2) is 53.7 Å². The normalized spacial score (nSPS) is 27.5. The summed E-state index contributed by atoms with van der Waals surface area (Å²) in [5.41, 5.74) is 3.38. The quantitative estimate of drug-likeness (QED) is 0.549. The number of piperidine rings is 1. The molecule has 1 aromatic heterocycles. The van der Waals surface area contributed by atoms with Gasteiger partial charge < -0.3 is 20.6 Å². The Kier molecular flexibility index (Phi) is 5.91. The molecule has 2 aliphatic rings. The molecule has 1 saturated heterocycles. The van der Waals surface area contributed by atoms with Crippen molar-refractivity contribution in [1.82, 2.24) is 20.9 Å². The minimum Gasteiger partial charge on any atom is -0.481 e. The first kappa shape index (κ1) is 22.2. The summed E-state index contributed by atoms with van der Waals surface area (Å²) in [5.74, 6) is -2.81. The van der Waals surface area contributed by atoms with E-state index in [1.165, 1.54) is 0 Å². The lowest BCUT2D eigenvalue weighted by Gasteiger charge is -2.52. The summed E-state index contributed by atoms with van der Waals surface area (Å²) in [5, 5.41) is 19.3. The maximum atomic E-state index is 12.8. The Labute approximate surface area is 190 Å². The number of amides is 2. The summed E-state index contributed by atoms with van der Waals surface area (Å²) < 4.78 is 1.09. The molecule has 2 amide bonds. The van der Waals surface area contributed by atoms with Gasteiger partial charge >= 0.3 is 12.0 Å². The number of urea groups is 1. The topological polar surface area (TPSA) is 119 Å². The van der Waals surface area contributed by atoms with Crippen molar-refractivity contribution in [3.05, 3.63) is 35.5 Å². The Balaban J connectivity index is 1.89. The fourth-order valence-electron chi connectivity index (χ4n) is 4.65. The number of aryl methyl sites for hydroxylation is 1. The summed E-state index contributed by atoms with van der Waals surface area (Å²) in [6.45, 7) is 6.99. The van der Waals surface area contributed by atoms with Crippen LogP contribution in [0.15, 0.2) is 34.9 Å². The van der Waals surface area contributed by atoms with Crippen molar-refractivity contribution in [3.63, 3.8) is 0 Å². The smallest absolute Gasteiger partial charge is 0.318 e. The number of allylic oxidation sites excluding steroid dienone is 1. The van der Waals surface area contributed by atoms with Crippen LogP contribution in [0.2, 0.25) is 0 Å². The monoisotopic (exact) mass is 456 g/mol. The Morgan fingerprint density at radius 1 is 1.41 bits per heavy atom. The van der Waals surface area contributed by atoms with Gasteiger partial charge in [0.2, 0.25) is 5.79 Å². The van der Waals surface area contributed by atoms with Gasteiger partial charge in [0.1, 0.15) is 0 Å². The summed E-state index contributed by atoms with van der Waals surface area (Å²) >= 11 is 1.57. The molecule has 4 rings (SSSR count). The molecule has 32 heavy (non-hydrogen) atoms. The van der Waals surface area contributed by atoms with Crippen molar-refractivity contribution in [3.8, 4) is 0 Å². The van der Waals surface area contributed by atoms with Crippen LogP contribution in [0.3, 0.4) is 0 Å². The number of carbonyl (C=O) groups is 2. The van der Waals surface area contributed by atoms with Gasteiger partial charge in [0.25, 0.3) is 0 Å². The second-order valence-electron chi connectivity index (χ2n) is 8.39. The zero-order chi connectivity index (χ0) is 22.9. The van der Waals surface area contributed by atoms with E-state index in [2.05, 4.69) is 20.9 Å². The number of thiazole rings is 1. The van der Waals surface area contributed by atoms with Gasteiger partial charge in [0.15, 0.2) is 0 Å². The number of aliphatic carboxylic acids is 1. The molecule has 3 unspecified atom stereocenters. The van der Waals surface area contributed by atoms with Crippen LogP contribution in [0.5, 0.6) is 0 Å². The average molecular weight is 457 g/mol. The average Bonchev–Trinajstić information content (AvgIpc) is 3.23. The Bertz CT molecular complexity index is 1100. The maximum absolute atomic E-state index is 12.8. The second kappa shape index (κ2) is 8.51. The molecule has 9 nitrogen and oxygen atoms in total. The van der Waals surface area contributed by atoms with Gasteiger partial charge in [-0.2, -0.15) is 0 Å². The van der Waals surface area contributed by atoms with Crippen molar-refractivity contribution < 1.29 is 14.7 Å². The minimum atomic E-state index is -1.34. The van der Waals surface area contributed by atoms with Gasteiger partial charge in [-0.1, -0.05) is 0 Å². The van der Waals surface area contributed by atoms with Crippen molar-refractivity contribution >= 4 is 45.5 Å². The number of hydrogen-bond acceptors (Lipinski definition) is 7. The van der Waals surface area contributed by atoms with Gasteiger partial charge in [-0.25, -0.2) is 14.8 Å². The summed E-state index contributed by atoms with van der Waals surface area (Å²) in [7, 11) is 0. The number of nitrogens with zero attached hydrogens (tertiary/aromatic N) is 3. The molecule has 3 heterocycles. The number of carbonyl (C=O) groups excluding carboxylic acids is 1. The highest BCUT2D eigenvalue weighted by molar-refractivity contribution is 7.16. The predicted octanol–water partition coefficient (Wildman–Crippen LogP) is 2.68. The van der Waals surface area contributed by atoms with E-state index in [9.17, 15) is 14.7 Å². The molecule has 170 valence electrons. The maximum Gasteiger partial charge on any atom is 0.318 e.